The van der Waals surface area contributed by atoms with Gasteiger partial charge in [-0.15, -0.1) is 0 Å². The molecule has 0 radical (unpaired) electrons. The van der Waals surface area contributed by atoms with Crippen LogP contribution < -0.4 is 4.90 Å². The Labute approximate surface area is 200 Å². The number of hydrogen-bond donors (Lipinski definition) is 1. The average molecular weight is 505 g/mol. The molecule has 3 atom stereocenters. The number of anilines is 1. The maximum absolute atomic E-state index is 12.3. The highest BCUT2D eigenvalue weighted by atomic mass is 35.5. The molecule has 3 rings (SSSR count). The minimum absolute atomic E-state index is 0.0347. The zero-order valence-corrected chi connectivity index (χ0v) is 21.3. The molecule has 1 N–H and O–H groups in total. The van der Waals surface area contributed by atoms with Crippen LogP contribution in [0.4, 0.5) is 10.6 Å². The molecule has 2 aliphatic heterocycles. The van der Waals surface area contributed by atoms with Gasteiger partial charge in [0.05, 0.1) is 43.9 Å². The van der Waals surface area contributed by atoms with Crippen molar-refractivity contribution in [1.82, 2.24) is 14.9 Å². The first-order valence-electron chi connectivity index (χ1n) is 11.0. The highest BCUT2D eigenvalue weighted by Crippen LogP contribution is 2.49. The van der Waals surface area contributed by atoms with Crippen LogP contribution in [0.3, 0.4) is 0 Å². The number of ether oxygens (including phenoxy) is 1. The molecule has 12 heteroatoms. The summed E-state index contributed by atoms with van der Waals surface area (Å²) in [6.45, 7) is 10.3. The lowest BCUT2D eigenvalue weighted by molar-refractivity contribution is 0.0893. The van der Waals surface area contributed by atoms with Crippen LogP contribution in [0.2, 0.25) is 5.28 Å². The number of morpholine rings is 1. The van der Waals surface area contributed by atoms with Gasteiger partial charge in [0.15, 0.2) is 0 Å². The second-order valence-corrected chi connectivity index (χ2v) is 11.8. The van der Waals surface area contributed by atoms with Gasteiger partial charge in [-0.25, -0.2) is 14.8 Å². The van der Waals surface area contributed by atoms with E-state index in [1.807, 2.05) is 0 Å². The number of fused-ring (bicyclic) bond motifs is 1. The van der Waals surface area contributed by atoms with E-state index in [0.29, 0.717) is 38.3 Å². The second-order valence-electron chi connectivity index (χ2n) is 9.77. The Hall–Kier alpha value is -1.69. The van der Waals surface area contributed by atoms with Gasteiger partial charge in [-0.2, -0.15) is 8.42 Å². The van der Waals surface area contributed by atoms with Crippen molar-refractivity contribution in [2.45, 2.75) is 58.5 Å². The highest BCUT2D eigenvalue weighted by molar-refractivity contribution is 7.85. The van der Waals surface area contributed by atoms with Crippen LogP contribution in [0.15, 0.2) is 0 Å². The topological polar surface area (TPSA) is 122 Å². The van der Waals surface area contributed by atoms with Crippen molar-refractivity contribution in [3.63, 3.8) is 0 Å². The Balaban J connectivity index is 2.09. The van der Waals surface area contributed by atoms with Gasteiger partial charge in [0, 0.05) is 24.6 Å². The highest BCUT2D eigenvalue weighted by Gasteiger charge is 2.44. The molecule has 10 nitrogen and oxygen atoms in total. The largest absolute Gasteiger partial charge is 0.465 e. The maximum Gasteiger partial charge on any atom is 0.407 e. The third-order valence-corrected chi connectivity index (χ3v) is 6.96. The van der Waals surface area contributed by atoms with Gasteiger partial charge in [-0.1, -0.05) is 20.8 Å². The van der Waals surface area contributed by atoms with E-state index in [9.17, 15) is 18.3 Å². The van der Waals surface area contributed by atoms with Crippen molar-refractivity contribution in [1.29, 1.82) is 0 Å². The summed E-state index contributed by atoms with van der Waals surface area (Å²) in [6.07, 6.45) is 0.617. The Bertz CT molecular complexity index is 984. The minimum atomic E-state index is -3.57. The van der Waals surface area contributed by atoms with E-state index in [1.54, 1.807) is 0 Å². The quantitative estimate of drug-likeness (QED) is 0.353. The van der Waals surface area contributed by atoms with Crippen LogP contribution in [-0.2, 0) is 19.0 Å². The van der Waals surface area contributed by atoms with Gasteiger partial charge in [-0.05, 0) is 36.8 Å². The Morgan fingerprint density at radius 1 is 1.33 bits per heavy atom. The fourth-order valence-electron chi connectivity index (χ4n) is 4.56. The molecule has 0 aromatic carbocycles. The number of carbonyl (C=O) groups is 1. The van der Waals surface area contributed by atoms with Crippen LogP contribution in [0.5, 0.6) is 0 Å². The van der Waals surface area contributed by atoms with Gasteiger partial charge in [0.2, 0.25) is 5.28 Å². The van der Waals surface area contributed by atoms with E-state index in [4.69, 9.17) is 20.5 Å². The van der Waals surface area contributed by atoms with Crippen molar-refractivity contribution >= 4 is 33.6 Å². The maximum atomic E-state index is 12.3. The molecular weight excluding hydrogens is 472 g/mol. The fourth-order valence-corrected chi connectivity index (χ4v) is 5.15. The average Bonchev–Trinajstić information content (AvgIpc) is 2.69. The van der Waals surface area contributed by atoms with Crippen LogP contribution in [0.25, 0.3) is 0 Å². The Kier molecular flexibility index (Phi) is 7.77. The third-order valence-electron chi connectivity index (χ3n) is 6.20. The van der Waals surface area contributed by atoms with Gasteiger partial charge in [-0.3, -0.25) is 9.08 Å². The first kappa shape index (κ1) is 25.9. The standard InChI is InChI=1S/C21H33ClN4O6S/c1-13-12-31-10-8-25(13)18-16-14(21(2,3)4)11-26(20(27)28)15(17(16)23-19(22)24-18)7-6-9-32-33(5,29)30/h13-15H,6-12H2,1-5H3,(H,27,28)/t13-,14?,15?/m0/s1. The molecule has 33 heavy (non-hydrogen) atoms. The number of nitrogens with zero attached hydrogens (tertiary/aromatic N) is 4. The van der Waals surface area contributed by atoms with Crippen LogP contribution >= 0.6 is 11.6 Å². The summed E-state index contributed by atoms with van der Waals surface area (Å²) in [5.74, 6) is 0.567. The van der Waals surface area contributed by atoms with Crippen LogP contribution in [0.1, 0.15) is 63.8 Å². The van der Waals surface area contributed by atoms with Crippen molar-refractivity contribution in [3.05, 3.63) is 16.5 Å². The summed E-state index contributed by atoms with van der Waals surface area (Å²) >= 11 is 6.37. The Morgan fingerprint density at radius 2 is 2.03 bits per heavy atom. The molecule has 0 saturated carbocycles. The molecule has 0 bridgehead atoms. The monoisotopic (exact) mass is 504 g/mol. The molecule has 1 aromatic rings. The second kappa shape index (κ2) is 9.89. The molecule has 2 unspecified atom stereocenters. The number of rotatable bonds is 6. The summed E-state index contributed by atoms with van der Waals surface area (Å²) in [7, 11) is -3.57. The molecular formula is C21H33ClN4O6S. The number of aromatic nitrogens is 2. The third kappa shape index (κ3) is 6.06. The summed E-state index contributed by atoms with van der Waals surface area (Å²) in [5.41, 5.74) is 1.22. The number of amides is 1. The molecule has 1 fully saturated rings. The van der Waals surface area contributed by atoms with Crippen molar-refractivity contribution < 1.29 is 27.2 Å². The smallest absolute Gasteiger partial charge is 0.407 e. The number of carboxylic acid groups (broad SMARTS) is 1. The normalized spacial score (nSPS) is 24.0. The molecule has 0 spiro atoms. The van der Waals surface area contributed by atoms with E-state index in [1.165, 1.54) is 4.90 Å². The van der Waals surface area contributed by atoms with Crippen molar-refractivity contribution in [3.8, 4) is 0 Å². The molecule has 1 aromatic heterocycles. The summed E-state index contributed by atoms with van der Waals surface area (Å²) < 4.78 is 33.1. The van der Waals surface area contributed by atoms with Gasteiger partial charge in [0.1, 0.15) is 5.82 Å². The minimum Gasteiger partial charge on any atom is -0.465 e. The lowest BCUT2D eigenvalue weighted by Crippen LogP contribution is -2.48. The molecule has 3 heterocycles. The van der Waals surface area contributed by atoms with Gasteiger partial charge in [0.25, 0.3) is 10.1 Å². The predicted molar refractivity (Wildman–Crippen MR) is 124 cm³/mol. The fraction of sp³-hybridized carbons (Fsp3) is 0.762. The molecule has 1 saturated heterocycles. The van der Waals surface area contributed by atoms with E-state index < -0.39 is 22.3 Å². The molecule has 2 aliphatic rings. The zero-order chi connectivity index (χ0) is 24.6. The Morgan fingerprint density at radius 3 is 2.61 bits per heavy atom. The summed E-state index contributed by atoms with van der Waals surface area (Å²) in [5, 5.41) is 10.1. The lowest BCUT2D eigenvalue weighted by Gasteiger charge is -2.46. The predicted octanol–water partition coefficient (Wildman–Crippen LogP) is 3.28. The van der Waals surface area contributed by atoms with Crippen molar-refractivity contribution in [2.75, 3.05) is 44.1 Å². The van der Waals surface area contributed by atoms with Crippen LogP contribution in [0, 0.1) is 5.41 Å². The van der Waals surface area contributed by atoms with Crippen LogP contribution in [-0.4, -0.2) is 79.7 Å². The summed E-state index contributed by atoms with van der Waals surface area (Å²) in [6, 6.07) is -0.511. The molecule has 186 valence electrons. The molecule has 1 amide bonds. The van der Waals surface area contributed by atoms with Gasteiger partial charge < -0.3 is 14.7 Å². The van der Waals surface area contributed by atoms with E-state index in [2.05, 4.69) is 42.6 Å². The van der Waals surface area contributed by atoms with Crippen molar-refractivity contribution in [2.24, 2.45) is 5.41 Å². The SMILES string of the molecule is C[C@H]1COCCN1c1nc(Cl)nc2c1C(C(C)(C)C)CN(C(=O)O)C2CCCOS(C)(=O)=O. The first-order chi connectivity index (χ1) is 15.3. The van der Waals surface area contributed by atoms with E-state index in [0.717, 1.165) is 17.6 Å². The van der Waals surface area contributed by atoms with Gasteiger partial charge >= 0.3 is 6.09 Å². The number of hydrogen-bond acceptors (Lipinski definition) is 8. The number of halogens is 1. The lowest BCUT2D eigenvalue weighted by atomic mass is 9.72. The first-order valence-corrected chi connectivity index (χ1v) is 13.2. The zero-order valence-electron chi connectivity index (χ0n) is 19.7. The van der Waals surface area contributed by atoms with E-state index in [-0.39, 0.29) is 35.8 Å². The molecule has 0 aliphatic carbocycles. The summed E-state index contributed by atoms with van der Waals surface area (Å²) in [4.78, 5) is 24.9. The van der Waals surface area contributed by atoms with E-state index >= 15 is 0 Å².